The lowest BCUT2D eigenvalue weighted by Gasteiger charge is -2.15. The molecule has 0 aliphatic carbocycles. The summed E-state index contributed by atoms with van der Waals surface area (Å²) in [7, 11) is 1.50. The van der Waals surface area contributed by atoms with Crippen LogP contribution in [0.25, 0.3) is 16.6 Å². The predicted molar refractivity (Wildman–Crippen MR) is 142 cm³/mol. The molecule has 4 rings (SSSR count). The van der Waals surface area contributed by atoms with E-state index in [-0.39, 0.29) is 24.9 Å². The minimum Gasteiger partial charge on any atom is -0.495 e. The molecule has 190 valence electrons. The molecule has 0 bridgehead atoms. The van der Waals surface area contributed by atoms with Crippen LogP contribution in [-0.2, 0) is 22.6 Å². The lowest BCUT2D eigenvalue weighted by atomic mass is 10.1. The van der Waals surface area contributed by atoms with E-state index in [0.717, 1.165) is 10.1 Å². The van der Waals surface area contributed by atoms with E-state index >= 15 is 0 Å². The molecule has 9 nitrogen and oxygen atoms in total. The molecular weight excluding hydrogens is 472 g/mol. The molecule has 1 heterocycles. The first-order valence-corrected chi connectivity index (χ1v) is 11.8. The molecule has 37 heavy (non-hydrogen) atoms. The maximum atomic E-state index is 13.6. The summed E-state index contributed by atoms with van der Waals surface area (Å²) < 4.78 is 7.59. The molecule has 4 aromatic rings. The number of carbonyl (C=O) groups excluding carboxylic acids is 2. The maximum absolute atomic E-state index is 13.6. The minimum absolute atomic E-state index is 0.0293. The largest absolute Gasteiger partial charge is 0.495 e. The topological polar surface area (TPSA) is 111 Å². The average molecular weight is 501 g/mol. The maximum Gasteiger partial charge on any atom is 0.336 e. The van der Waals surface area contributed by atoms with Gasteiger partial charge in [0.05, 0.1) is 35.8 Å². The molecule has 0 spiro atoms. The number of para-hydroxylation sites is 3. The Labute approximate surface area is 213 Å². The van der Waals surface area contributed by atoms with Crippen molar-refractivity contribution in [2.75, 3.05) is 12.4 Å². The van der Waals surface area contributed by atoms with Gasteiger partial charge >= 0.3 is 5.69 Å². The Balaban J connectivity index is 1.71. The van der Waals surface area contributed by atoms with Crippen molar-refractivity contribution in [1.82, 2.24) is 14.5 Å². The fourth-order valence-corrected chi connectivity index (χ4v) is 4.10. The fourth-order valence-electron chi connectivity index (χ4n) is 4.10. The molecule has 0 radical (unpaired) electrons. The van der Waals surface area contributed by atoms with Crippen molar-refractivity contribution in [3.63, 3.8) is 0 Å². The number of methoxy groups -OCH3 is 1. The van der Waals surface area contributed by atoms with Crippen molar-refractivity contribution in [2.45, 2.75) is 32.9 Å². The van der Waals surface area contributed by atoms with E-state index in [2.05, 4.69) is 10.6 Å². The van der Waals surface area contributed by atoms with Crippen LogP contribution in [0.15, 0.2) is 82.4 Å². The molecule has 2 N–H and O–H groups in total. The standard InChI is InChI=1S/C28H28N4O5/c1-18(2)29-25(33)16-19-12-14-20(15-13-19)32-27(35)21-8-4-6-10-23(21)31(28(32)36)17-26(34)30-22-9-5-7-11-24(22)37-3/h4-15,18H,16-17H2,1-3H3,(H,29,33)(H,30,34). The molecule has 0 saturated heterocycles. The summed E-state index contributed by atoms with van der Waals surface area (Å²) in [4.78, 5) is 51.9. The van der Waals surface area contributed by atoms with Gasteiger partial charge in [-0.05, 0) is 55.8 Å². The molecule has 9 heteroatoms. The third kappa shape index (κ3) is 5.61. The molecule has 0 aliphatic heterocycles. The van der Waals surface area contributed by atoms with E-state index in [9.17, 15) is 19.2 Å². The summed E-state index contributed by atoms with van der Waals surface area (Å²) in [6.07, 6.45) is 0.179. The van der Waals surface area contributed by atoms with Crippen LogP contribution >= 0.6 is 0 Å². The lowest BCUT2D eigenvalue weighted by Crippen LogP contribution is -2.40. The van der Waals surface area contributed by atoms with Crippen molar-refractivity contribution in [3.05, 3.63) is 99.2 Å². The number of nitrogens with one attached hydrogen (secondary N) is 2. The summed E-state index contributed by atoms with van der Waals surface area (Å²) in [6.45, 7) is 3.45. The highest BCUT2D eigenvalue weighted by Gasteiger charge is 2.17. The Hall–Kier alpha value is -4.66. The molecule has 1 aromatic heterocycles. The lowest BCUT2D eigenvalue weighted by molar-refractivity contribution is -0.121. The Bertz CT molecular complexity index is 1570. The summed E-state index contributed by atoms with van der Waals surface area (Å²) >= 11 is 0. The van der Waals surface area contributed by atoms with E-state index in [1.807, 2.05) is 13.8 Å². The zero-order valence-corrected chi connectivity index (χ0v) is 20.9. The zero-order valence-electron chi connectivity index (χ0n) is 20.9. The monoisotopic (exact) mass is 500 g/mol. The quantitative estimate of drug-likeness (QED) is 0.387. The number of carbonyl (C=O) groups is 2. The Kier molecular flexibility index (Phi) is 7.52. The van der Waals surface area contributed by atoms with Gasteiger partial charge in [0.15, 0.2) is 0 Å². The zero-order chi connectivity index (χ0) is 26.5. The van der Waals surface area contributed by atoms with Gasteiger partial charge in [0.25, 0.3) is 5.56 Å². The smallest absolute Gasteiger partial charge is 0.336 e. The van der Waals surface area contributed by atoms with Gasteiger partial charge in [-0.1, -0.05) is 36.4 Å². The van der Waals surface area contributed by atoms with Crippen LogP contribution in [0.5, 0.6) is 5.75 Å². The molecule has 3 aromatic carbocycles. The highest BCUT2D eigenvalue weighted by atomic mass is 16.5. The average Bonchev–Trinajstić information content (AvgIpc) is 2.87. The molecule has 0 saturated carbocycles. The molecule has 2 amide bonds. The van der Waals surface area contributed by atoms with Gasteiger partial charge < -0.3 is 15.4 Å². The van der Waals surface area contributed by atoms with Gasteiger partial charge in [0, 0.05) is 6.04 Å². The SMILES string of the molecule is COc1ccccc1NC(=O)Cn1c(=O)n(-c2ccc(CC(=O)NC(C)C)cc2)c(=O)c2ccccc21. The number of rotatable bonds is 8. The van der Waals surface area contributed by atoms with Crippen LogP contribution in [0.2, 0.25) is 0 Å². The number of benzene rings is 3. The third-order valence-corrected chi connectivity index (χ3v) is 5.74. The van der Waals surface area contributed by atoms with E-state index in [0.29, 0.717) is 28.0 Å². The van der Waals surface area contributed by atoms with Crippen molar-refractivity contribution >= 4 is 28.4 Å². The van der Waals surface area contributed by atoms with Gasteiger partial charge in [0.2, 0.25) is 11.8 Å². The van der Waals surface area contributed by atoms with Gasteiger partial charge in [0.1, 0.15) is 12.3 Å². The first-order chi connectivity index (χ1) is 17.8. The van der Waals surface area contributed by atoms with Crippen LogP contribution in [-0.4, -0.2) is 34.1 Å². The van der Waals surface area contributed by atoms with Crippen LogP contribution in [0, 0.1) is 0 Å². The van der Waals surface area contributed by atoms with Gasteiger partial charge in [-0.25, -0.2) is 9.36 Å². The van der Waals surface area contributed by atoms with E-state index in [1.54, 1.807) is 72.8 Å². The Morgan fingerprint density at radius 3 is 2.27 bits per heavy atom. The van der Waals surface area contributed by atoms with E-state index < -0.39 is 17.2 Å². The molecule has 0 fully saturated rings. The first-order valence-electron chi connectivity index (χ1n) is 11.8. The van der Waals surface area contributed by atoms with Gasteiger partial charge in [-0.3, -0.25) is 19.0 Å². The first kappa shape index (κ1) is 25.4. The predicted octanol–water partition coefficient (Wildman–Crippen LogP) is 2.87. The summed E-state index contributed by atoms with van der Waals surface area (Å²) in [5, 5.41) is 5.90. The molecule has 0 atom stereocenters. The highest BCUT2D eigenvalue weighted by Crippen LogP contribution is 2.23. The Morgan fingerprint density at radius 2 is 1.57 bits per heavy atom. The normalized spacial score (nSPS) is 10.9. The Morgan fingerprint density at radius 1 is 0.892 bits per heavy atom. The minimum atomic E-state index is -0.649. The second kappa shape index (κ2) is 10.9. The van der Waals surface area contributed by atoms with Crippen molar-refractivity contribution in [1.29, 1.82) is 0 Å². The number of amides is 2. The van der Waals surface area contributed by atoms with Crippen LogP contribution in [0.4, 0.5) is 5.69 Å². The molecule has 0 aliphatic rings. The number of anilines is 1. The summed E-state index contributed by atoms with van der Waals surface area (Å²) in [5.41, 5.74) is 0.764. The van der Waals surface area contributed by atoms with E-state index in [4.69, 9.17) is 4.74 Å². The van der Waals surface area contributed by atoms with E-state index in [1.165, 1.54) is 11.7 Å². The van der Waals surface area contributed by atoms with Crippen molar-refractivity contribution in [3.8, 4) is 11.4 Å². The van der Waals surface area contributed by atoms with Crippen molar-refractivity contribution in [2.24, 2.45) is 0 Å². The fraction of sp³-hybridized carbons (Fsp3) is 0.214. The van der Waals surface area contributed by atoms with Crippen LogP contribution < -0.4 is 26.6 Å². The number of ether oxygens (including phenoxy) is 1. The van der Waals surface area contributed by atoms with Crippen LogP contribution in [0.3, 0.4) is 0 Å². The second-order valence-corrected chi connectivity index (χ2v) is 8.84. The number of fused-ring (bicyclic) bond motifs is 1. The number of hydrogen-bond donors (Lipinski definition) is 2. The number of hydrogen-bond acceptors (Lipinski definition) is 5. The second-order valence-electron chi connectivity index (χ2n) is 8.84. The highest BCUT2D eigenvalue weighted by molar-refractivity contribution is 5.93. The van der Waals surface area contributed by atoms with Gasteiger partial charge in [-0.2, -0.15) is 0 Å². The summed E-state index contributed by atoms with van der Waals surface area (Å²) in [6, 6.07) is 20.3. The van der Waals surface area contributed by atoms with Crippen LogP contribution in [0.1, 0.15) is 19.4 Å². The number of aromatic nitrogens is 2. The summed E-state index contributed by atoms with van der Waals surface area (Å²) in [5.74, 6) is -0.0808. The van der Waals surface area contributed by atoms with Gasteiger partial charge in [-0.15, -0.1) is 0 Å². The number of nitrogens with zero attached hydrogens (tertiary/aromatic N) is 2. The molecular formula is C28H28N4O5. The molecule has 0 unspecified atom stereocenters. The third-order valence-electron chi connectivity index (χ3n) is 5.74. The van der Waals surface area contributed by atoms with Crippen molar-refractivity contribution < 1.29 is 14.3 Å².